The minimum absolute atomic E-state index is 0.490. The fourth-order valence-electron chi connectivity index (χ4n) is 2.09. The Morgan fingerprint density at radius 3 is 2.76 bits per heavy atom. The van der Waals surface area contributed by atoms with Crippen molar-refractivity contribution in [3.63, 3.8) is 0 Å². The third-order valence-electron chi connectivity index (χ3n) is 3.06. The molecule has 0 radical (unpaired) electrons. The Kier molecular flexibility index (Phi) is 3.99. The van der Waals surface area contributed by atoms with Gasteiger partial charge in [-0.05, 0) is 30.2 Å². The van der Waals surface area contributed by atoms with E-state index in [0.29, 0.717) is 5.02 Å². The summed E-state index contributed by atoms with van der Waals surface area (Å²) in [7, 11) is 0. The summed E-state index contributed by atoms with van der Waals surface area (Å²) in [4.78, 5) is 9.21. The molecule has 0 atom stereocenters. The van der Waals surface area contributed by atoms with Gasteiger partial charge in [0.25, 0.3) is 0 Å². The third kappa shape index (κ3) is 2.96. The number of pyridine rings is 1. The van der Waals surface area contributed by atoms with Crippen molar-refractivity contribution < 1.29 is 4.39 Å². The molecule has 2 aromatic heterocycles. The Morgan fingerprint density at radius 1 is 1.19 bits per heavy atom. The van der Waals surface area contributed by atoms with Crippen molar-refractivity contribution in [2.45, 2.75) is 13.3 Å². The zero-order chi connectivity index (χ0) is 14.8. The van der Waals surface area contributed by atoms with Gasteiger partial charge in [-0.3, -0.25) is 0 Å². The first-order chi connectivity index (χ1) is 10.2. The molecule has 3 aromatic rings. The summed E-state index contributed by atoms with van der Waals surface area (Å²) in [6.07, 6.45) is 2.31. The predicted molar refractivity (Wildman–Crippen MR) is 85.1 cm³/mol. The third-order valence-corrected chi connectivity index (χ3v) is 4.54. The fourth-order valence-corrected chi connectivity index (χ4v) is 3.30. The lowest BCUT2D eigenvalue weighted by Crippen LogP contribution is -1.85. The van der Waals surface area contributed by atoms with E-state index in [1.807, 2.05) is 24.3 Å². The number of aromatic nitrogens is 2. The molecule has 0 fully saturated rings. The monoisotopic (exact) mass is 318 g/mol. The Hall–Kier alpha value is -1.78. The zero-order valence-electron chi connectivity index (χ0n) is 11.3. The maximum absolute atomic E-state index is 13.4. The van der Waals surface area contributed by atoms with Crippen LogP contribution in [0.15, 0.2) is 42.6 Å². The number of aryl methyl sites for hydroxylation is 1. The van der Waals surface area contributed by atoms with Crippen LogP contribution in [0.5, 0.6) is 0 Å². The first-order valence-electron chi connectivity index (χ1n) is 6.55. The molecule has 1 aromatic carbocycles. The van der Waals surface area contributed by atoms with E-state index in [2.05, 4.69) is 16.9 Å². The van der Waals surface area contributed by atoms with Gasteiger partial charge in [-0.1, -0.05) is 30.7 Å². The van der Waals surface area contributed by atoms with E-state index in [4.69, 9.17) is 11.6 Å². The van der Waals surface area contributed by atoms with Gasteiger partial charge < -0.3 is 0 Å². The van der Waals surface area contributed by atoms with Crippen LogP contribution in [0.25, 0.3) is 21.7 Å². The van der Waals surface area contributed by atoms with Crippen LogP contribution >= 0.6 is 22.9 Å². The number of nitrogens with zero attached hydrogens (tertiary/aromatic N) is 2. The van der Waals surface area contributed by atoms with Gasteiger partial charge in [0.2, 0.25) is 5.95 Å². The van der Waals surface area contributed by atoms with Gasteiger partial charge in [0.15, 0.2) is 0 Å². The highest BCUT2D eigenvalue weighted by Gasteiger charge is 2.15. The highest BCUT2D eigenvalue weighted by atomic mass is 35.5. The molecule has 0 N–H and O–H groups in total. The molecule has 0 unspecified atom stereocenters. The van der Waals surface area contributed by atoms with Gasteiger partial charge in [-0.15, -0.1) is 11.3 Å². The first-order valence-corrected chi connectivity index (χ1v) is 7.74. The molecule has 2 heterocycles. The summed E-state index contributed by atoms with van der Waals surface area (Å²) in [5, 5.41) is 1.67. The molecule has 0 amide bonds. The molecule has 0 aliphatic carbocycles. The largest absolute Gasteiger partial charge is 0.241 e. The number of benzene rings is 1. The van der Waals surface area contributed by atoms with Crippen LogP contribution in [0.1, 0.15) is 11.9 Å². The minimum Gasteiger partial charge on any atom is -0.241 e. The van der Waals surface area contributed by atoms with Crippen molar-refractivity contribution in [2.75, 3.05) is 0 Å². The quantitative estimate of drug-likeness (QED) is 0.618. The average molecular weight is 319 g/mol. The molecular weight excluding hydrogens is 307 g/mol. The number of halogens is 2. The molecule has 0 aliphatic heterocycles. The number of rotatable bonds is 3. The van der Waals surface area contributed by atoms with Gasteiger partial charge in [0, 0.05) is 22.8 Å². The maximum Gasteiger partial charge on any atom is 0.213 e. The van der Waals surface area contributed by atoms with E-state index in [0.717, 1.165) is 33.1 Å². The molecule has 5 heteroatoms. The maximum atomic E-state index is 13.4. The van der Waals surface area contributed by atoms with Crippen molar-refractivity contribution in [2.24, 2.45) is 0 Å². The second-order valence-corrected chi connectivity index (χ2v) is 6.04. The molecule has 0 aliphatic rings. The Morgan fingerprint density at radius 2 is 2.05 bits per heavy atom. The normalized spacial score (nSPS) is 10.8. The van der Waals surface area contributed by atoms with Gasteiger partial charge in [0.1, 0.15) is 0 Å². The first kappa shape index (κ1) is 14.2. The van der Waals surface area contributed by atoms with Gasteiger partial charge >= 0.3 is 0 Å². The van der Waals surface area contributed by atoms with Crippen molar-refractivity contribution in [3.8, 4) is 21.7 Å². The highest BCUT2D eigenvalue weighted by molar-refractivity contribution is 7.15. The van der Waals surface area contributed by atoms with Crippen LogP contribution in [0.3, 0.4) is 0 Å². The Bertz CT molecular complexity index is 722. The SMILES string of the molecule is CCc1nc(-c2cccc(Cl)c2)c(-c2ccnc(F)c2)s1. The van der Waals surface area contributed by atoms with E-state index in [9.17, 15) is 4.39 Å². The molecule has 0 bridgehead atoms. The molecular formula is C16H12ClFN2S. The molecule has 2 nitrogen and oxygen atoms in total. The summed E-state index contributed by atoms with van der Waals surface area (Å²) >= 11 is 7.64. The Balaban J connectivity index is 2.18. The number of hydrogen-bond acceptors (Lipinski definition) is 3. The van der Waals surface area contributed by atoms with Gasteiger partial charge in [-0.2, -0.15) is 4.39 Å². The van der Waals surface area contributed by atoms with Crippen LogP contribution in [-0.2, 0) is 6.42 Å². The van der Waals surface area contributed by atoms with E-state index in [-0.39, 0.29) is 0 Å². The second kappa shape index (κ2) is 5.92. The van der Waals surface area contributed by atoms with Crippen molar-refractivity contribution in [1.82, 2.24) is 9.97 Å². The number of hydrogen-bond donors (Lipinski definition) is 0. The summed E-state index contributed by atoms with van der Waals surface area (Å²) in [5.74, 6) is -0.490. The predicted octanol–water partition coefficient (Wildman–Crippen LogP) is 5.23. The van der Waals surface area contributed by atoms with Crippen molar-refractivity contribution in [3.05, 3.63) is 58.6 Å². The minimum atomic E-state index is -0.490. The van der Waals surface area contributed by atoms with Gasteiger partial charge in [0.05, 0.1) is 15.6 Å². The van der Waals surface area contributed by atoms with Crippen LogP contribution in [-0.4, -0.2) is 9.97 Å². The van der Waals surface area contributed by atoms with Crippen LogP contribution in [0.2, 0.25) is 5.02 Å². The van der Waals surface area contributed by atoms with Crippen molar-refractivity contribution in [1.29, 1.82) is 0 Å². The molecule has 0 spiro atoms. The smallest absolute Gasteiger partial charge is 0.213 e. The van der Waals surface area contributed by atoms with Crippen LogP contribution in [0, 0.1) is 5.95 Å². The van der Waals surface area contributed by atoms with E-state index in [1.54, 1.807) is 17.4 Å². The van der Waals surface area contributed by atoms with E-state index < -0.39 is 5.95 Å². The standard InChI is InChI=1S/C16H12ClFN2S/c1-2-14-20-15(10-4-3-5-12(17)8-10)16(21-14)11-6-7-19-13(18)9-11/h3-9H,2H2,1H3. The summed E-state index contributed by atoms with van der Waals surface area (Å²) in [5.41, 5.74) is 2.56. The molecule has 21 heavy (non-hydrogen) atoms. The molecule has 0 saturated carbocycles. The molecule has 3 rings (SSSR count). The summed E-state index contributed by atoms with van der Waals surface area (Å²) < 4.78 is 13.4. The second-order valence-electron chi connectivity index (χ2n) is 4.52. The lowest BCUT2D eigenvalue weighted by Gasteiger charge is -2.03. The lowest BCUT2D eigenvalue weighted by molar-refractivity contribution is 0.584. The number of thiazole rings is 1. The van der Waals surface area contributed by atoms with Crippen molar-refractivity contribution >= 4 is 22.9 Å². The average Bonchev–Trinajstić information content (AvgIpc) is 2.91. The van der Waals surface area contributed by atoms with Crippen LogP contribution in [0.4, 0.5) is 4.39 Å². The summed E-state index contributed by atoms with van der Waals surface area (Å²) in [6, 6.07) is 10.8. The van der Waals surface area contributed by atoms with Gasteiger partial charge in [-0.25, -0.2) is 9.97 Å². The van der Waals surface area contributed by atoms with E-state index >= 15 is 0 Å². The summed E-state index contributed by atoms with van der Waals surface area (Å²) in [6.45, 7) is 2.05. The zero-order valence-corrected chi connectivity index (χ0v) is 12.9. The molecule has 106 valence electrons. The Labute approximate surface area is 131 Å². The lowest BCUT2D eigenvalue weighted by atomic mass is 10.1. The molecule has 0 saturated heterocycles. The highest BCUT2D eigenvalue weighted by Crippen LogP contribution is 2.37. The topological polar surface area (TPSA) is 25.8 Å². The fraction of sp³-hybridized carbons (Fsp3) is 0.125. The van der Waals surface area contributed by atoms with Crippen LogP contribution < -0.4 is 0 Å². The van der Waals surface area contributed by atoms with E-state index in [1.165, 1.54) is 12.3 Å².